The summed E-state index contributed by atoms with van der Waals surface area (Å²) in [5.41, 5.74) is 0.508. The van der Waals surface area contributed by atoms with Crippen LogP contribution in [0.15, 0.2) is 10.7 Å². The Morgan fingerprint density at radius 3 is 2.88 bits per heavy atom. The van der Waals surface area contributed by atoms with E-state index in [0.29, 0.717) is 5.69 Å². The second-order valence-electron chi connectivity index (χ2n) is 4.04. The smallest absolute Gasteiger partial charge is 0.394 e. The molecule has 1 atom stereocenters. The van der Waals surface area contributed by atoms with Crippen LogP contribution in [-0.4, -0.2) is 16.2 Å². The molecule has 0 spiro atoms. The minimum Gasteiger partial charge on any atom is -0.447 e. The molecule has 0 saturated heterocycles. The third-order valence-corrected chi connectivity index (χ3v) is 2.46. The van der Waals surface area contributed by atoms with E-state index in [0.717, 1.165) is 6.42 Å². The van der Waals surface area contributed by atoms with Gasteiger partial charge in [0, 0.05) is 0 Å². The first kappa shape index (κ1) is 13.0. The zero-order chi connectivity index (χ0) is 11.8. The van der Waals surface area contributed by atoms with Gasteiger partial charge < -0.3 is 14.3 Å². The Bertz CT molecular complexity index is 286. The van der Waals surface area contributed by atoms with Crippen molar-refractivity contribution in [3.05, 3.63) is 12.0 Å². The lowest BCUT2D eigenvalue weighted by Crippen LogP contribution is -2.11. The summed E-state index contributed by atoms with van der Waals surface area (Å²) in [6.45, 7) is 4.09. The van der Waals surface area contributed by atoms with Crippen molar-refractivity contribution in [3.8, 4) is 6.08 Å². The molecule has 1 rings (SSSR count). The van der Waals surface area contributed by atoms with Crippen molar-refractivity contribution in [2.75, 3.05) is 0 Å². The number of hydrogen-bond acceptors (Lipinski definition) is 4. The van der Waals surface area contributed by atoms with Crippen LogP contribution in [0.4, 0.5) is 0 Å². The SMILES string of the molecule is CCCCCCC(C)Oc1nc(CO)co1. The van der Waals surface area contributed by atoms with Crippen LogP contribution in [0.25, 0.3) is 0 Å². The van der Waals surface area contributed by atoms with E-state index in [9.17, 15) is 0 Å². The van der Waals surface area contributed by atoms with Gasteiger partial charge in [-0.25, -0.2) is 0 Å². The summed E-state index contributed by atoms with van der Waals surface area (Å²) in [5, 5.41) is 8.81. The van der Waals surface area contributed by atoms with E-state index in [2.05, 4.69) is 11.9 Å². The maximum Gasteiger partial charge on any atom is 0.394 e. The highest BCUT2D eigenvalue weighted by Gasteiger charge is 2.09. The molecule has 0 aliphatic heterocycles. The molecule has 16 heavy (non-hydrogen) atoms. The Balaban J connectivity index is 2.20. The standard InChI is InChI=1S/C12H21NO3/c1-3-4-5-6-7-10(2)16-12-13-11(8-14)9-15-12/h9-10,14H,3-8H2,1-2H3. The van der Waals surface area contributed by atoms with E-state index in [-0.39, 0.29) is 18.8 Å². The first-order valence-corrected chi connectivity index (χ1v) is 5.98. The van der Waals surface area contributed by atoms with Gasteiger partial charge in [-0.05, 0) is 19.8 Å². The van der Waals surface area contributed by atoms with Gasteiger partial charge in [0.25, 0.3) is 0 Å². The van der Waals surface area contributed by atoms with Gasteiger partial charge in [-0.2, -0.15) is 4.98 Å². The van der Waals surface area contributed by atoms with Crippen molar-refractivity contribution in [1.29, 1.82) is 0 Å². The lowest BCUT2D eigenvalue weighted by Gasteiger charge is -2.10. The molecule has 92 valence electrons. The molecule has 1 N–H and O–H groups in total. The molecular weight excluding hydrogens is 206 g/mol. The number of unbranched alkanes of at least 4 members (excludes halogenated alkanes) is 3. The highest BCUT2D eigenvalue weighted by Crippen LogP contribution is 2.14. The Kier molecular flexibility index (Phi) is 5.93. The quantitative estimate of drug-likeness (QED) is 0.694. The van der Waals surface area contributed by atoms with Crippen LogP contribution >= 0.6 is 0 Å². The maximum absolute atomic E-state index is 8.81. The number of ether oxygens (including phenoxy) is 1. The van der Waals surface area contributed by atoms with Gasteiger partial charge in [0.1, 0.15) is 18.1 Å². The highest BCUT2D eigenvalue weighted by atomic mass is 16.6. The number of oxazole rings is 1. The van der Waals surface area contributed by atoms with Gasteiger partial charge in [-0.15, -0.1) is 0 Å². The van der Waals surface area contributed by atoms with E-state index in [1.807, 2.05) is 6.92 Å². The van der Waals surface area contributed by atoms with Gasteiger partial charge in [0.15, 0.2) is 0 Å². The summed E-state index contributed by atoms with van der Waals surface area (Å²) < 4.78 is 10.5. The summed E-state index contributed by atoms with van der Waals surface area (Å²) in [5.74, 6) is 0. The number of nitrogens with zero attached hydrogens (tertiary/aromatic N) is 1. The molecular formula is C12H21NO3. The van der Waals surface area contributed by atoms with Crippen LogP contribution in [0.2, 0.25) is 0 Å². The molecule has 0 fully saturated rings. The predicted octanol–water partition coefficient (Wildman–Crippen LogP) is 2.90. The van der Waals surface area contributed by atoms with E-state index >= 15 is 0 Å². The van der Waals surface area contributed by atoms with Crippen molar-refractivity contribution in [2.45, 2.75) is 58.7 Å². The molecule has 1 aromatic heterocycles. The van der Waals surface area contributed by atoms with Gasteiger partial charge in [0.2, 0.25) is 0 Å². The second-order valence-corrected chi connectivity index (χ2v) is 4.04. The third kappa shape index (κ3) is 4.66. The fraction of sp³-hybridized carbons (Fsp3) is 0.750. The van der Waals surface area contributed by atoms with Crippen molar-refractivity contribution in [3.63, 3.8) is 0 Å². The Hall–Kier alpha value is -1.03. The van der Waals surface area contributed by atoms with E-state index in [1.165, 1.54) is 31.9 Å². The number of aromatic nitrogens is 1. The second kappa shape index (κ2) is 7.28. The Morgan fingerprint density at radius 2 is 2.25 bits per heavy atom. The van der Waals surface area contributed by atoms with Crippen LogP contribution in [0, 0.1) is 0 Å². The highest BCUT2D eigenvalue weighted by molar-refractivity contribution is 4.98. The first-order chi connectivity index (χ1) is 7.76. The zero-order valence-corrected chi connectivity index (χ0v) is 10.1. The number of aliphatic hydroxyl groups excluding tert-OH is 1. The largest absolute Gasteiger partial charge is 0.447 e. The number of hydrogen-bond donors (Lipinski definition) is 1. The molecule has 0 aromatic carbocycles. The maximum atomic E-state index is 8.81. The van der Waals surface area contributed by atoms with Gasteiger partial charge in [0.05, 0.1) is 6.61 Å². The minimum atomic E-state index is -0.113. The number of aliphatic hydroxyl groups is 1. The van der Waals surface area contributed by atoms with Crippen molar-refractivity contribution in [2.24, 2.45) is 0 Å². The summed E-state index contributed by atoms with van der Waals surface area (Å²) in [6, 6.07) is 0. The van der Waals surface area contributed by atoms with Crippen molar-refractivity contribution >= 4 is 0 Å². The molecule has 0 amide bonds. The molecule has 0 aliphatic carbocycles. The normalized spacial score (nSPS) is 12.7. The van der Waals surface area contributed by atoms with Gasteiger partial charge in [-0.1, -0.05) is 26.2 Å². The summed E-state index contributed by atoms with van der Waals surface area (Å²) in [7, 11) is 0. The average Bonchev–Trinajstić information content (AvgIpc) is 2.72. The molecule has 1 aromatic rings. The average molecular weight is 227 g/mol. The predicted molar refractivity (Wildman–Crippen MR) is 61.3 cm³/mol. The van der Waals surface area contributed by atoms with Crippen LogP contribution < -0.4 is 4.74 Å². The molecule has 0 bridgehead atoms. The molecule has 1 unspecified atom stereocenters. The van der Waals surface area contributed by atoms with Crippen LogP contribution in [0.1, 0.15) is 51.6 Å². The first-order valence-electron chi connectivity index (χ1n) is 5.98. The molecule has 0 saturated carbocycles. The number of rotatable bonds is 8. The van der Waals surface area contributed by atoms with Crippen molar-refractivity contribution in [1.82, 2.24) is 4.98 Å². The Labute approximate surface area is 96.6 Å². The molecule has 0 radical (unpaired) electrons. The van der Waals surface area contributed by atoms with E-state index in [4.69, 9.17) is 14.3 Å². The van der Waals surface area contributed by atoms with Crippen LogP contribution in [0.3, 0.4) is 0 Å². The molecule has 4 nitrogen and oxygen atoms in total. The molecule has 1 heterocycles. The summed E-state index contributed by atoms with van der Waals surface area (Å²) in [4.78, 5) is 3.97. The van der Waals surface area contributed by atoms with Crippen LogP contribution in [-0.2, 0) is 6.61 Å². The van der Waals surface area contributed by atoms with Crippen molar-refractivity contribution < 1.29 is 14.3 Å². The summed E-state index contributed by atoms with van der Waals surface area (Å²) in [6.07, 6.45) is 7.74. The van der Waals surface area contributed by atoms with Gasteiger partial charge >= 0.3 is 6.08 Å². The fourth-order valence-electron chi connectivity index (χ4n) is 1.50. The van der Waals surface area contributed by atoms with E-state index < -0.39 is 0 Å². The molecule has 0 aliphatic rings. The Morgan fingerprint density at radius 1 is 1.44 bits per heavy atom. The monoisotopic (exact) mass is 227 g/mol. The summed E-state index contributed by atoms with van der Waals surface area (Å²) >= 11 is 0. The van der Waals surface area contributed by atoms with Crippen LogP contribution in [0.5, 0.6) is 6.08 Å². The third-order valence-electron chi connectivity index (χ3n) is 2.46. The zero-order valence-electron chi connectivity index (χ0n) is 10.1. The topological polar surface area (TPSA) is 55.5 Å². The van der Waals surface area contributed by atoms with E-state index in [1.54, 1.807) is 0 Å². The fourth-order valence-corrected chi connectivity index (χ4v) is 1.50. The molecule has 4 heteroatoms. The van der Waals surface area contributed by atoms with Gasteiger partial charge in [-0.3, -0.25) is 0 Å². The lowest BCUT2D eigenvalue weighted by atomic mass is 10.1. The minimum absolute atomic E-state index is 0.113. The lowest BCUT2D eigenvalue weighted by molar-refractivity contribution is 0.151.